The lowest BCUT2D eigenvalue weighted by Crippen LogP contribution is -2.26. The van der Waals surface area contributed by atoms with Crippen molar-refractivity contribution in [2.75, 3.05) is 0 Å². The molecule has 0 aliphatic carbocycles. The molecule has 15 heavy (non-hydrogen) atoms. The molecule has 1 aliphatic heterocycles. The smallest absolute Gasteiger partial charge is 0.209 e. The van der Waals surface area contributed by atoms with Gasteiger partial charge in [-0.1, -0.05) is 28.1 Å². The van der Waals surface area contributed by atoms with E-state index in [1.165, 1.54) is 0 Å². The van der Waals surface area contributed by atoms with Crippen LogP contribution in [-0.2, 0) is 11.2 Å². The highest BCUT2D eigenvalue weighted by atomic mass is 79.9. The Morgan fingerprint density at radius 2 is 1.80 bits per heavy atom. The van der Waals surface area contributed by atoms with Crippen LogP contribution in [0.4, 0.5) is 0 Å². The van der Waals surface area contributed by atoms with Crippen molar-refractivity contribution >= 4 is 34.6 Å². The Morgan fingerprint density at radius 1 is 1.20 bits per heavy atom. The Labute approximate surface area is 96.1 Å². The predicted octanol–water partition coefficient (Wildman–Crippen LogP) is 2.04. The van der Waals surface area contributed by atoms with Crippen LogP contribution >= 0.6 is 15.9 Å². The lowest BCUT2D eigenvalue weighted by atomic mass is 10.0. The molecule has 0 radical (unpaired) electrons. The molecule has 4 heteroatoms. The summed E-state index contributed by atoms with van der Waals surface area (Å²) < 4.78 is 1.02. The molecule has 3 nitrogen and oxygen atoms in total. The average molecular weight is 265 g/mol. The van der Waals surface area contributed by atoms with Gasteiger partial charge >= 0.3 is 0 Å². The number of aliphatic imine (C=N–C) groups is 2. The van der Waals surface area contributed by atoms with Gasteiger partial charge in [0.05, 0.1) is 0 Å². The van der Waals surface area contributed by atoms with Crippen LogP contribution in [-0.4, -0.2) is 24.4 Å². The zero-order chi connectivity index (χ0) is 10.7. The predicted molar refractivity (Wildman–Crippen MR) is 63.6 cm³/mol. The van der Waals surface area contributed by atoms with Gasteiger partial charge in [0, 0.05) is 23.3 Å². The van der Waals surface area contributed by atoms with Gasteiger partial charge < -0.3 is 0 Å². The summed E-state index contributed by atoms with van der Waals surface area (Å²) in [4.78, 5) is 19.1. The first kappa shape index (κ1) is 10.2. The first-order valence-electron chi connectivity index (χ1n) is 4.54. The van der Waals surface area contributed by atoms with E-state index in [1.807, 2.05) is 24.3 Å². The van der Waals surface area contributed by atoms with Crippen LogP contribution < -0.4 is 0 Å². The van der Waals surface area contributed by atoms with E-state index in [4.69, 9.17) is 0 Å². The lowest BCUT2D eigenvalue weighted by molar-refractivity contribution is -0.111. The molecule has 0 amide bonds. The number of benzene rings is 1. The number of nitrogens with zero attached hydrogens (tertiary/aromatic N) is 2. The van der Waals surface area contributed by atoms with Gasteiger partial charge in [-0.15, -0.1) is 0 Å². The second-order valence-corrected chi connectivity index (χ2v) is 4.27. The molecule has 0 fully saturated rings. The van der Waals surface area contributed by atoms with E-state index in [9.17, 15) is 4.79 Å². The lowest BCUT2D eigenvalue weighted by Gasteiger charge is -2.15. The van der Waals surface area contributed by atoms with Crippen molar-refractivity contribution in [1.29, 1.82) is 0 Å². The summed E-state index contributed by atoms with van der Waals surface area (Å²) in [5.41, 5.74) is 0.120. The van der Waals surface area contributed by atoms with Crippen molar-refractivity contribution in [2.45, 2.75) is 12.1 Å². The van der Waals surface area contributed by atoms with E-state index >= 15 is 0 Å². The molecule has 0 saturated heterocycles. The van der Waals surface area contributed by atoms with Crippen LogP contribution in [0.2, 0.25) is 0 Å². The van der Waals surface area contributed by atoms with Crippen molar-refractivity contribution in [1.82, 2.24) is 0 Å². The summed E-state index contributed by atoms with van der Waals surface area (Å²) in [6.45, 7) is 0. The average Bonchev–Trinajstić information content (AvgIpc) is 2.71. The topological polar surface area (TPSA) is 41.8 Å². The van der Waals surface area contributed by atoms with Crippen LogP contribution in [0.1, 0.15) is 5.56 Å². The number of halogens is 1. The minimum atomic E-state index is -0.923. The fourth-order valence-electron chi connectivity index (χ4n) is 1.45. The number of carbonyl (C=O) groups is 1. The first-order chi connectivity index (χ1) is 7.24. The molecule has 2 rings (SSSR count). The maximum atomic E-state index is 11.0. The van der Waals surface area contributed by atoms with E-state index in [0.717, 1.165) is 16.3 Å². The minimum absolute atomic E-state index is 0.511. The van der Waals surface area contributed by atoms with E-state index in [-0.39, 0.29) is 0 Å². The summed E-state index contributed by atoms with van der Waals surface area (Å²) in [6, 6.07) is 7.80. The Kier molecular flexibility index (Phi) is 2.77. The molecule has 1 aliphatic rings. The highest BCUT2D eigenvalue weighted by Crippen LogP contribution is 2.20. The largest absolute Gasteiger partial charge is 0.298 e. The number of hydrogen-bond acceptors (Lipinski definition) is 3. The summed E-state index contributed by atoms with van der Waals surface area (Å²) in [5.74, 6) is 0. The molecule has 0 spiro atoms. The third-order valence-corrected chi connectivity index (χ3v) is 2.76. The van der Waals surface area contributed by atoms with Crippen LogP contribution in [0.15, 0.2) is 38.7 Å². The van der Waals surface area contributed by atoms with Crippen molar-refractivity contribution < 1.29 is 4.79 Å². The molecule has 76 valence electrons. The second-order valence-electron chi connectivity index (χ2n) is 3.36. The second kappa shape index (κ2) is 4.06. The summed E-state index contributed by atoms with van der Waals surface area (Å²) in [7, 11) is 0. The first-order valence-corrected chi connectivity index (χ1v) is 5.33. The van der Waals surface area contributed by atoms with Gasteiger partial charge in [-0.3, -0.25) is 14.8 Å². The molecule has 0 atom stereocenters. The Bertz CT molecular complexity index is 411. The number of hydrogen-bond donors (Lipinski definition) is 0. The fourth-order valence-corrected chi connectivity index (χ4v) is 1.72. The van der Waals surface area contributed by atoms with Crippen LogP contribution in [0.25, 0.3) is 0 Å². The quantitative estimate of drug-likeness (QED) is 0.771. The summed E-state index contributed by atoms with van der Waals surface area (Å²) in [6.07, 6.45) is 4.42. The molecule has 0 bridgehead atoms. The SMILES string of the molecule is O=CC1(Cc2ccc(Br)cc2)N=CC=N1. The van der Waals surface area contributed by atoms with Crippen molar-refractivity contribution in [3.05, 3.63) is 34.3 Å². The Hall–Kier alpha value is -1.29. The van der Waals surface area contributed by atoms with Gasteiger partial charge in [0.25, 0.3) is 0 Å². The van der Waals surface area contributed by atoms with E-state index in [0.29, 0.717) is 6.42 Å². The zero-order valence-electron chi connectivity index (χ0n) is 7.93. The fraction of sp³-hybridized carbons (Fsp3) is 0.182. The van der Waals surface area contributed by atoms with E-state index in [2.05, 4.69) is 25.9 Å². The summed E-state index contributed by atoms with van der Waals surface area (Å²) >= 11 is 3.36. The molecule has 0 saturated carbocycles. The third kappa shape index (κ3) is 2.21. The van der Waals surface area contributed by atoms with Crippen LogP contribution in [0, 0.1) is 0 Å². The highest BCUT2D eigenvalue weighted by molar-refractivity contribution is 9.10. The molecule has 1 aromatic rings. The van der Waals surface area contributed by atoms with Crippen LogP contribution in [0.5, 0.6) is 0 Å². The van der Waals surface area contributed by atoms with Crippen molar-refractivity contribution in [3.63, 3.8) is 0 Å². The van der Waals surface area contributed by atoms with Gasteiger partial charge in [-0.2, -0.15) is 0 Å². The molecule has 0 unspecified atom stereocenters. The molecular formula is C11H9BrN2O. The molecule has 0 aromatic heterocycles. The van der Waals surface area contributed by atoms with Crippen molar-refractivity contribution in [3.8, 4) is 0 Å². The molecule has 1 heterocycles. The van der Waals surface area contributed by atoms with Gasteiger partial charge in [-0.05, 0) is 17.7 Å². The molecule has 0 N–H and O–H groups in total. The number of carbonyl (C=O) groups excluding carboxylic acids is 1. The van der Waals surface area contributed by atoms with E-state index < -0.39 is 5.66 Å². The van der Waals surface area contributed by atoms with Crippen molar-refractivity contribution in [2.24, 2.45) is 9.98 Å². The number of aldehydes is 1. The van der Waals surface area contributed by atoms with Gasteiger partial charge in [0.15, 0.2) is 6.29 Å². The van der Waals surface area contributed by atoms with Gasteiger partial charge in [0.1, 0.15) is 0 Å². The van der Waals surface area contributed by atoms with Crippen LogP contribution in [0.3, 0.4) is 0 Å². The Morgan fingerprint density at radius 3 is 2.33 bits per heavy atom. The zero-order valence-corrected chi connectivity index (χ0v) is 9.52. The Balaban J connectivity index is 2.21. The summed E-state index contributed by atoms with van der Waals surface area (Å²) in [5, 5.41) is 0. The highest BCUT2D eigenvalue weighted by Gasteiger charge is 2.29. The monoisotopic (exact) mass is 264 g/mol. The van der Waals surface area contributed by atoms with Gasteiger partial charge in [0.2, 0.25) is 5.66 Å². The van der Waals surface area contributed by atoms with Gasteiger partial charge in [-0.25, -0.2) is 0 Å². The number of rotatable bonds is 3. The standard InChI is InChI=1S/C11H9BrN2O/c12-10-3-1-9(2-4-10)7-11(8-15)13-5-6-14-11/h1-6,8H,7H2. The normalized spacial score (nSPS) is 16.9. The van der Waals surface area contributed by atoms with E-state index in [1.54, 1.807) is 12.4 Å². The molecular weight excluding hydrogens is 256 g/mol. The minimum Gasteiger partial charge on any atom is -0.298 e. The maximum Gasteiger partial charge on any atom is 0.209 e. The third-order valence-electron chi connectivity index (χ3n) is 2.23. The molecule has 1 aromatic carbocycles. The maximum absolute atomic E-state index is 11.0.